The predicted molar refractivity (Wildman–Crippen MR) is 67.5 cm³/mol. The van der Waals surface area contributed by atoms with Crippen LogP contribution in [0.4, 0.5) is 0 Å². The van der Waals surface area contributed by atoms with Gasteiger partial charge in [0.2, 0.25) is 0 Å². The van der Waals surface area contributed by atoms with Crippen molar-refractivity contribution in [3.05, 3.63) is 29.8 Å². The maximum absolute atomic E-state index is 11.2. The molecule has 0 aromatic heterocycles. The van der Waals surface area contributed by atoms with Gasteiger partial charge in [-0.25, -0.2) is 0 Å². The third-order valence-electron chi connectivity index (χ3n) is 2.29. The van der Waals surface area contributed by atoms with E-state index in [4.69, 9.17) is 9.47 Å². The first kappa shape index (κ1) is 14.2. The first-order valence-corrected chi connectivity index (χ1v) is 5.86. The van der Waals surface area contributed by atoms with Gasteiger partial charge in [-0.15, -0.1) is 0 Å². The molecule has 0 spiro atoms. The van der Waals surface area contributed by atoms with Gasteiger partial charge < -0.3 is 9.47 Å². The van der Waals surface area contributed by atoms with Crippen LogP contribution in [0.3, 0.4) is 0 Å². The number of rotatable bonds is 6. The van der Waals surface area contributed by atoms with Crippen LogP contribution in [0.25, 0.3) is 0 Å². The van der Waals surface area contributed by atoms with Crippen LogP contribution in [-0.2, 0) is 14.3 Å². The minimum atomic E-state index is -0.511. The molecule has 0 amide bonds. The molecule has 1 aromatic rings. The maximum atomic E-state index is 11.2. The summed E-state index contributed by atoms with van der Waals surface area (Å²) in [5, 5.41) is 0. The molecule has 0 saturated heterocycles. The van der Waals surface area contributed by atoms with Gasteiger partial charge in [0, 0.05) is 0 Å². The van der Waals surface area contributed by atoms with Gasteiger partial charge in [-0.2, -0.15) is 0 Å². The van der Waals surface area contributed by atoms with Crippen LogP contribution in [0, 0.1) is 6.92 Å². The van der Waals surface area contributed by atoms with E-state index in [1.165, 1.54) is 6.92 Å². The van der Waals surface area contributed by atoms with Crippen LogP contribution in [-0.4, -0.2) is 24.5 Å². The Balaban J connectivity index is 2.38. The first-order chi connectivity index (χ1) is 8.49. The molecule has 1 unspecified atom stereocenters. The Kier molecular flexibility index (Phi) is 5.36. The lowest BCUT2D eigenvalue weighted by Crippen LogP contribution is -2.22. The normalized spacial score (nSPS) is 11.7. The van der Waals surface area contributed by atoms with E-state index in [0.29, 0.717) is 0 Å². The summed E-state index contributed by atoms with van der Waals surface area (Å²) in [4.78, 5) is 21.9. The summed E-state index contributed by atoms with van der Waals surface area (Å²) in [7, 11) is 0. The number of benzene rings is 1. The summed E-state index contributed by atoms with van der Waals surface area (Å²) in [6.45, 7) is 5.26. The van der Waals surface area contributed by atoms with Gasteiger partial charge >= 0.3 is 5.97 Å². The zero-order chi connectivity index (χ0) is 13.5. The number of hydrogen-bond acceptors (Lipinski definition) is 4. The molecule has 1 rings (SSSR count). The summed E-state index contributed by atoms with van der Waals surface area (Å²) in [5.74, 6) is 0.0582. The summed E-state index contributed by atoms with van der Waals surface area (Å²) in [6, 6.07) is 7.63. The van der Waals surface area contributed by atoms with E-state index in [9.17, 15) is 9.59 Å². The third kappa shape index (κ3) is 4.99. The van der Waals surface area contributed by atoms with Gasteiger partial charge in [-0.3, -0.25) is 9.59 Å². The number of Topliss-reactive ketones (excluding diaryl/α,β-unsaturated/α-hetero) is 1. The third-order valence-corrected chi connectivity index (χ3v) is 2.29. The number of esters is 1. The van der Waals surface area contributed by atoms with Crippen LogP contribution < -0.4 is 4.74 Å². The molecule has 4 heteroatoms. The predicted octanol–water partition coefficient (Wildman–Crippen LogP) is 2.28. The second-order valence-corrected chi connectivity index (χ2v) is 4.26. The number of carbonyl (C=O) groups excluding carboxylic acids is 2. The molecular formula is C14H18O4. The minimum Gasteiger partial charge on any atom is -0.487 e. The molecule has 98 valence electrons. The van der Waals surface area contributed by atoms with E-state index in [2.05, 4.69) is 0 Å². The summed E-state index contributed by atoms with van der Waals surface area (Å²) in [6.07, 6.45) is -0.432. The second kappa shape index (κ2) is 6.79. The summed E-state index contributed by atoms with van der Waals surface area (Å²) in [5.41, 5.74) is 1.03. The van der Waals surface area contributed by atoms with Crippen molar-refractivity contribution in [2.75, 3.05) is 6.61 Å². The van der Waals surface area contributed by atoms with Crippen LogP contribution in [0.2, 0.25) is 0 Å². The number of carbonyl (C=O) groups is 2. The van der Waals surface area contributed by atoms with E-state index >= 15 is 0 Å². The molecule has 0 bridgehead atoms. The number of ketones is 1. The molecule has 1 atom stereocenters. The summed E-state index contributed by atoms with van der Waals surface area (Å²) < 4.78 is 10.6. The van der Waals surface area contributed by atoms with Crippen molar-refractivity contribution in [2.45, 2.75) is 33.3 Å². The van der Waals surface area contributed by atoms with Crippen molar-refractivity contribution in [1.29, 1.82) is 0 Å². The van der Waals surface area contributed by atoms with Gasteiger partial charge in [0.1, 0.15) is 30.7 Å². The highest BCUT2D eigenvalue weighted by atomic mass is 16.6. The summed E-state index contributed by atoms with van der Waals surface area (Å²) >= 11 is 0. The molecule has 0 saturated carbocycles. The molecule has 1 aromatic carbocycles. The maximum Gasteiger partial charge on any atom is 0.313 e. The quantitative estimate of drug-likeness (QED) is 0.574. The number of ether oxygens (including phenoxy) is 2. The van der Waals surface area contributed by atoms with Gasteiger partial charge in [-0.05, 0) is 32.4 Å². The molecule has 0 fully saturated rings. The first-order valence-electron chi connectivity index (χ1n) is 5.86. The van der Waals surface area contributed by atoms with Crippen LogP contribution in [0.15, 0.2) is 24.3 Å². The molecule has 18 heavy (non-hydrogen) atoms. The van der Waals surface area contributed by atoms with E-state index in [1.54, 1.807) is 0 Å². The lowest BCUT2D eigenvalue weighted by Gasteiger charge is -2.16. The van der Waals surface area contributed by atoms with E-state index in [0.717, 1.165) is 11.3 Å². The molecule has 0 aliphatic carbocycles. The Morgan fingerprint density at radius 3 is 2.56 bits per heavy atom. The smallest absolute Gasteiger partial charge is 0.313 e. The molecule has 0 heterocycles. The van der Waals surface area contributed by atoms with Crippen molar-refractivity contribution in [2.24, 2.45) is 0 Å². The van der Waals surface area contributed by atoms with Gasteiger partial charge in [0.05, 0.1) is 0 Å². The largest absolute Gasteiger partial charge is 0.487 e. The molecule has 0 N–H and O–H groups in total. The lowest BCUT2D eigenvalue weighted by molar-refractivity contribution is -0.147. The number of hydrogen-bond donors (Lipinski definition) is 0. The SMILES string of the molecule is CC(=O)CC(=O)OCC(C)Oc1ccccc1C. The average Bonchev–Trinajstić information content (AvgIpc) is 2.29. The van der Waals surface area contributed by atoms with Crippen molar-refractivity contribution in [3.8, 4) is 5.75 Å². The van der Waals surface area contributed by atoms with Crippen molar-refractivity contribution in [1.82, 2.24) is 0 Å². The Morgan fingerprint density at radius 1 is 1.28 bits per heavy atom. The fourth-order valence-electron chi connectivity index (χ4n) is 1.40. The number of aryl methyl sites for hydroxylation is 1. The van der Waals surface area contributed by atoms with E-state index < -0.39 is 5.97 Å². The Labute approximate surface area is 107 Å². The Morgan fingerprint density at radius 2 is 1.94 bits per heavy atom. The van der Waals surface area contributed by atoms with Crippen molar-refractivity contribution in [3.63, 3.8) is 0 Å². The van der Waals surface area contributed by atoms with Crippen LogP contribution in [0.1, 0.15) is 25.8 Å². The molecule has 4 nitrogen and oxygen atoms in total. The van der Waals surface area contributed by atoms with Gasteiger partial charge in [0.25, 0.3) is 0 Å². The van der Waals surface area contributed by atoms with Gasteiger partial charge in [-0.1, -0.05) is 18.2 Å². The monoisotopic (exact) mass is 250 g/mol. The molecule has 0 aliphatic heterocycles. The standard InChI is InChI=1S/C14H18O4/c1-10-6-4-5-7-13(10)18-12(3)9-17-14(16)8-11(2)15/h4-7,12H,8-9H2,1-3H3. The highest BCUT2D eigenvalue weighted by Gasteiger charge is 2.11. The second-order valence-electron chi connectivity index (χ2n) is 4.26. The van der Waals surface area contributed by atoms with E-state index in [-0.39, 0.29) is 24.9 Å². The molecule has 0 radical (unpaired) electrons. The Hall–Kier alpha value is -1.84. The van der Waals surface area contributed by atoms with Crippen LogP contribution >= 0.6 is 0 Å². The fraction of sp³-hybridized carbons (Fsp3) is 0.429. The molecular weight excluding hydrogens is 232 g/mol. The zero-order valence-electron chi connectivity index (χ0n) is 10.9. The highest BCUT2D eigenvalue weighted by Crippen LogP contribution is 2.17. The zero-order valence-corrected chi connectivity index (χ0v) is 10.9. The van der Waals surface area contributed by atoms with Gasteiger partial charge in [0.15, 0.2) is 0 Å². The minimum absolute atomic E-state index is 0.139. The average molecular weight is 250 g/mol. The van der Waals surface area contributed by atoms with Crippen molar-refractivity contribution < 1.29 is 19.1 Å². The van der Waals surface area contributed by atoms with Crippen molar-refractivity contribution >= 4 is 11.8 Å². The lowest BCUT2D eigenvalue weighted by atomic mass is 10.2. The molecule has 0 aliphatic rings. The van der Waals surface area contributed by atoms with E-state index in [1.807, 2.05) is 38.1 Å². The Bertz CT molecular complexity index is 426. The fourth-order valence-corrected chi connectivity index (χ4v) is 1.40. The van der Waals surface area contributed by atoms with Crippen LogP contribution in [0.5, 0.6) is 5.75 Å². The topological polar surface area (TPSA) is 52.6 Å². The number of para-hydroxylation sites is 1. The highest BCUT2D eigenvalue weighted by molar-refractivity contribution is 5.94.